The lowest BCUT2D eigenvalue weighted by Crippen LogP contribution is -2.31. The molecule has 4 nitrogen and oxygen atoms in total. The van der Waals surface area contributed by atoms with Crippen LogP contribution in [0.15, 0.2) is 48.7 Å². The molecule has 24 heavy (non-hydrogen) atoms. The number of hydrogen-bond acceptors (Lipinski definition) is 3. The van der Waals surface area contributed by atoms with Crippen molar-refractivity contribution in [2.75, 3.05) is 11.4 Å². The van der Waals surface area contributed by atoms with E-state index in [1.54, 1.807) is 11.1 Å². The molecule has 1 aliphatic heterocycles. The molecule has 0 unspecified atom stereocenters. The van der Waals surface area contributed by atoms with E-state index in [0.717, 1.165) is 36.8 Å². The number of carbonyl (C=O) groups excluding carboxylic acids is 1. The fourth-order valence-electron chi connectivity index (χ4n) is 3.36. The highest BCUT2D eigenvalue weighted by Crippen LogP contribution is 2.39. The molecule has 4 heteroatoms. The van der Waals surface area contributed by atoms with Crippen LogP contribution < -0.4 is 4.90 Å². The molecule has 2 aliphatic rings. The molecule has 1 saturated heterocycles. The van der Waals surface area contributed by atoms with Gasteiger partial charge in [0.2, 0.25) is 0 Å². The van der Waals surface area contributed by atoms with Gasteiger partial charge < -0.3 is 4.74 Å². The van der Waals surface area contributed by atoms with Crippen LogP contribution in [0.1, 0.15) is 36.8 Å². The van der Waals surface area contributed by atoms with Gasteiger partial charge in [-0.05, 0) is 49.9 Å². The van der Waals surface area contributed by atoms with E-state index in [9.17, 15) is 4.79 Å². The predicted molar refractivity (Wildman–Crippen MR) is 91.7 cm³/mol. The summed E-state index contributed by atoms with van der Waals surface area (Å²) >= 11 is 0. The summed E-state index contributed by atoms with van der Waals surface area (Å²) in [6.45, 7) is 0.605. The molecular weight excluding hydrogens is 300 g/mol. The zero-order valence-electron chi connectivity index (χ0n) is 13.4. The number of hydrogen-bond donors (Lipinski definition) is 0. The summed E-state index contributed by atoms with van der Waals surface area (Å²) in [6.07, 6.45) is 5.59. The fourth-order valence-corrected chi connectivity index (χ4v) is 3.36. The molecule has 0 bridgehead atoms. The third-order valence-corrected chi connectivity index (χ3v) is 4.63. The summed E-state index contributed by atoms with van der Waals surface area (Å²) in [5, 5.41) is 0. The first kappa shape index (κ1) is 14.8. The van der Waals surface area contributed by atoms with Crippen molar-refractivity contribution in [2.45, 2.75) is 31.3 Å². The van der Waals surface area contributed by atoms with E-state index in [2.05, 4.69) is 16.8 Å². The quantitative estimate of drug-likeness (QED) is 0.752. The molecule has 1 aromatic heterocycles. The van der Waals surface area contributed by atoms with Crippen LogP contribution in [-0.2, 0) is 4.74 Å². The summed E-state index contributed by atoms with van der Waals surface area (Å²) in [4.78, 5) is 18.2. The number of amides is 1. The minimum absolute atomic E-state index is 0.285. The van der Waals surface area contributed by atoms with E-state index < -0.39 is 0 Å². The van der Waals surface area contributed by atoms with Crippen LogP contribution in [-0.4, -0.2) is 23.2 Å². The monoisotopic (exact) mass is 318 g/mol. The van der Waals surface area contributed by atoms with Crippen molar-refractivity contribution in [3.8, 4) is 11.8 Å². The smallest absolute Gasteiger partial charge is 0.416 e. The fraction of sp³-hybridized carbons (Fsp3) is 0.300. The number of pyridine rings is 1. The lowest BCUT2D eigenvalue weighted by atomic mass is 10.0. The molecule has 1 saturated carbocycles. The highest BCUT2D eigenvalue weighted by atomic mass is 16.6. The Bertz CT molecular complexity index is 797. The van der Waals surface area contributed by atoms with E-state index in [0.29, 0.717) is 12.4 Å². The topological polar surface area (TPSA) is 42.4 Å². The van der Waals surface area contributed by atoms with Crippen molar-refractivity contribution in [1.82, 2.24) is 4.98 Å². The maximum absolute atomic E-state index is 12.2. The molecule has 0 N–H and O–H groups in total. The standard InChI is InChI=1S/C20H18N2O2/c23-19-22(15-20(24-19)12-4-5-13-20)18-11-10-17(14-21-18)9-8-16-6-2-1-3-7-16/h1-3,6-7,10-11,14H,4-5,12-13,15H2. The second-order valence-electron chi connectivity index (χ2n) is 6.37. The molecular formula is C20H18N2O2. The molecule has 0 radical (unpaired) electrons. The minimum Gasteiger partial charge on any atom is -0.441 e. The Morgan fingerprint density at radius 1 is 1.00 bits per heavy atom. The van der Waals surface area contributed by atoms with Gasteiger partial charge in [-0.25, -0.2) is 9.78 Å². The first-order chi connectivity index (χ1) is 11.7. The number of aromatic nitrogens is 1. The largest absolute Gasteiger partial charge is 0.441 e. The Labute approximate surface area is 141 Å². The van der Waals surface area contributed by atoms with Crippen molar-refractivity contribution >= 4 is 11.9 Å². The van der Waals surface area contributed by atoms with Crippen LogP contribution in [0.3, 0.4) is 0 Å². The molecule has 1 aliphatic carbocycles. The van der Waals surface area contributed by atoms with E-state index in [1.165, 1.54) is 0 Å². The first-order valence-corrected chi connectivity index (χ1v) is 8.28. The summed E-state index contributed by atoms with van der Waals surface area (Å²) in [5.74, 6) is 6.83. The molecule has 0 atom stereocenters. The molecule has 2 fully saturated rings. The van der Waals surface area contributed by atoms with Crippen LogP contribution >= 0.6 is 0 Å². The average Bonchev–Trinajstić information content (AvgIpc) is 3.21. The van der Waals surface area contributed by atoms with E-state index in [1.807, 2.05) is 42.5 Å². The maximum atomic E-state index is 12.2. The van der Waals surface area contributed by atoms with Crippen LogP contribution in [0, 0.1) is 11.8 Å². The second-order valence-corrected chi connectivity index (χ2v) is 6.37. The van der Waals surface area contributed by atoms with Crippen molar-refractivity contribution < 1.29 is 9.53 Å². The molecule has 4 rings (SSSR count). The van der Waals surface area contributed by atoms with Gasteiger partial charge in [0.1, 0.15) is 11.4 Å². The average molecular weight is 318 g/mol. The number of benzene rings is 1. The van der Waals surface area contributed by atoms with Gasteiger partial charge >= 0.3 is 6.09 Å². The van der Waals surface area contributed by atoms with Crippen LogP contribution in [0.25, 0.3) is 0 Å². The molecule has 1 aromatic carbocycles. The highest BCUT2D eigenvalue weighted by Gasteiger charge is 2.47. The lowest BCUT2D eigenvalue weighted by Gasteiger charge is -2.19. The summed E-state index contributed by atoms with van der Waals surface area (Å²) < 4.78 is 5.63. The van der Waals surface area contributed by atoms with Crippen molar-refractivity contribution in [1.29, 1.82) is 0 Å². The number of nitrogens with zero attached hydrogens (tertiary/aromatic N) is 2. The number of rotatable bonds is 1. The minimum atomic E-state index is -0.287. The first-order valence-electron chi connectivity index (χ1n) is 8.28. The highest BCUT2D eigenvalue weighted by molar-refractivity contribution is 5.89. The summed E-state index contributed by atoms with van der Waals surface area (Å²) in [5.41, 5.74) is 1.50. The normalized spacial score (nSPS) is 18.3. The molecule has 1 amide bonds. The number of carbonyl (C=O) groups is 1. The number of anilines is 1. The van der Waals surface area contributed by atoms with E-state index in [-0.39, 0.29) is 11.7 Å². The molecule has 2 heterocycles. The van der Waals surface area contributed by atoms with Gasteiger partial charge in [-0.3, -0.25) is 4.90 Å². The van der Waals surface area contributed by atoms with Crippen LogP contribution in [0.4, 0.5) is 10.6 Å². The zero-order chi connectivity index (χ0) is 16.4. The van der Waals surface area contributed by atoms with Gasteiger partial charge in [-0.2, -0.15) is 0 Å². The summed E-state index contributed by atoms with van der Waals surface area (Å²) in [7, 11) is 0. The Kier molecular flexibility index (Phi) is 3.70. The van der Waals surface area contributed by atoms with Crippen LogP contribution in [0.5, 0.6) is 0 Å². The lowest BCUT2D eigenvalue weighted by molar-refractivity contribution is 0.0629. The second kappa shape index (κ2) is 6.01. The molecule has 120 valence electrons. The van der Waals surface area contributed by atoms with Crippen molar-refractivity contribution in [3.63, 3.8) is 0 Å². The Morgan fingerprint density at radius 2 is 1.75 bits per heavy atom. The maximum Gasteiger partial charge on any atom is 0.416 e. The van der Waals surface area contributed by atoms with Gasteiger partial charge in [0.05, 0.1) is 6.54 Å². The van der Waals surface area contributed by atoms with Gasteiger partial charge in [-0.15, -0.1) is 0 Å². The zero-order valence-corrected chi connectivity index (χ0v) is 13.4. The van der Waals surface area contributed by atoms with Gasteiger partial charge in [0, 0.05) is 17.3 Å². The van der Waals surface area contributed by atoms with E-state index in [4.69, 9.17) is 4.74 Å². The van der Waals surface area contributed by atoms with Crippen molar-refractivity contribution in [2.24, 2.45) is 0 Å². The third kappa shape index (κ3) is 2.85. The summed E-state index contributed by atoms with van der Waals surface area (Å²) in [6, 6.07) is 13.6. The Balaban J connectivity index is 1.50. The molecule has 2 aromatic rings. The van der Waals surface area contributed by atoms with Gasteiger partial charge in [0.25, 0.3) is 0 Å². The SMILES string of the molecule is O=C1OC2(CCCC2)CN1c1ccc(C#Cc2ccccc2)cn1. The predicted octanol–water partition coefficient (Wildman–Crippen LogP) is 3.75. The molecule has 1 spiro atoms. The van der Waals surface area contributed by atoms with E-state index >= 15 is 0 Å². The Hall–Kier alpha value is -2.80. The Morgan fingerprint density at radius 3 is 2.46 bits per heavy atom. The van der Waals surface area contributed by atoms with Gasteiger partial charge in [-0.1, -0.05) is 30.0 Å². The number of ether oxygens (including phenoxy) is 1. The third-order valence-electron chi connectivity index (χ3n) is 4.63. The van der Waals surface area contributed by atoms with Crippen molar-refractivity contribution in [3.05, 3.63) is 59.8 Å². The van der Waals surface area contributed by atoms with Gasteiger partial charge in [0.15, 0.2) is 0 Å². The van der Waals surface area contributed by atoms with Crippen LogP contribution in [0.2, 0.25) is 0 Å².